The number of hydrogen-bond acceptors (Lipinski definition) is 5. The highest BCUT2D eigenvalue weighted by molar-refractivity contribution is 7.07. The van der Waals surface area contributed by atoms with Crippen LogP contribution in [0, 0.1) is 6.92 Å². The molecule has 0 amide bonds. The number of pyridine rings is 1. The van der Waals surface area contributed by atoms with Crippen LogP contribution in [-0.2, 0) is 7.05 Å². The minimum Gasteiger partial charge on any atom is -0.283 e. The Morgan fingerprint density at radius 3 is 2.48 bits per heavy atom. The van der Waals surface area contributed by atoms with Crippen molar-refractivity contribution in [2.75, 3.05) is 0 Å². The molecule has 0 atom stereocenters. The number of rotatable bonds is 6. The molecular weight excluding hydrogens is 516 g/mol. The van der Waals surface area contributed by atoms with Gasteiger partial charge >= 0.3 is 0 Å². The van der Waals surface area contributed by atoms with Gasteiger partial charge in [-0.15, -0.1) is 11.3 Å². The summed E-state index contributed by atoms with van der Waals surface area (Å²) in [6.07, 6.45) is 11.8. The van der Waals surface area contributed by atoms with Gasteiger partial charge in [0, 0.05) is 35.9 Å². The number of hydrogen-bond donors (Lipinski definition) is 0. The number of benzene rings is 2. The minimum atomic E-state index is -0.166. The summed E-state index contributed by atoms with van der Waals surface area (Å²) in [7, 11) is 1.88. The number of para-hydroxylation sites is 1. The normalized spacial score (nSPS) is 14.8. The Kier molecular flexibility index (Phi) is 7.42. The molecule has 0 unspecified atom stereocenters. The van der Waals surface area contributed by atoms with Gasteiger partial charge in [0.1, 0.15) is 0 Å². The van der Waals surface area contributed by atoms with Gasteiger partial charge in [-0.25, -0.2) is 14.4 Å². The smallest absolute Gasteiger partial charge is 0.283 e. The van der Waals surface area contributed by atoms with Crippen LogP contribution in [0.5, 0.6) is 0 Å². The molecule has 0 radical (unpaired) electrons. The fourth-order valence-electron chi connectivity index (χ4n) is 5.40. The van der Waals surface area contributed by atoms with Crippen molar-refractivity contribution in [3.63, 3.8) is 0 Å². The number of thiazole rings is 1. The van der Waals surface area contributed by atoms with Crippen molar-refractivity contribution in [1.29, 1.82) is 0 Å². The topological polar surface area (TPSA) is 69.5 Å². The van der Waals surface area contributed by atoms with Crippen molar-refractivity contribution in [3.8, 4) is 16.9 Å². The maximum Gasteiger partial charge on any atom is 0.297 e. The van der Waals surface area contributed by atoms with Crippen LogP contribution < -0.4 is 10.4 Å². The molecule has 0 aliphatic heterocycles. The molecule has 1 aliphatic rings. The van der Waals surface area contributed by atoms with Crippen molar-refractivity contribution in [2.24, 2.45) is 17.1 Å². The van der Waals surface area contributed by atoms with E-state index in [4.69, 9.17) is 10.1 Å². The number of aromatic nitrogens is 4. The molecular formula is C32H32N6OS. The van der Waals surface area contributed by atoms with E-state index in [1.807, 2.05) is 65.8 Å². The van der Waals surface area contributed by atoms with E-state index in [1.54, 1.807) is 23.3 Å². The van der Waals surface area contributed by atoms with E-state index >= 15 is 0 Å². The first-order chi connectivity index (χ1) is 19.6. The average Bonchev–Trinajstić information content (AvgIpc) is 3.51. The molecule has 0 bridgehead atoms. The summed E-state index contributed by atoms with van der Waals surface area (Å²) in [6.45, 7) is 1.92. The quantitative estimate of drug-likeness (QED) is 0.225. The summed E-state index contributed by atoms with van der Waals surface area (Å²) in [4.78, 5) is 23.3. The van der Waals surface area contributed by atoms with Gasteiger partial charge in [0.15, 0.2) is 5.69 Å². The van der Waals surface area contributed by atoms with Gasteiger partial charge in [-0.2, -0.15) is 5.10 Å². The number of nitrogens with zero attached hydrogens (tertiary/aromatic N) is 6. The summed E-state index contributed by atoms with van der Waals surface area (Å²) >= 11 is 1.47. The van der Waals surface area contributed by atoms with Crippen molar-refractivity contribution >= 4 is 23.2 Å². The van der Waals surface area contributed by atoms with Gasteiger partial charge in [-0.05, 0) is 49.4 Å². The van der Waals surface area contributed by atoms with Gasteiger partial charge in [-0.3, -0.25) is 14.5 Å². The molecule has 7 nitrogen and oxygen atoms in total. The van der Waals surface area contributed by atoms with Crippen LogP contribution in [-0.4, -0.2) is 25.2 Å². The first kappa shape index (κ1) is 26.0. The fraction of sp³-hybridized carbons (Fsp3) is 0.250. The second-order valence-electron chi connectivity index (χ2n) is 10.2. The molecule has 40 heavy (non-hydrogen) atoms. The van der Waals surface area contributed by atoms with Crippen LogP contribution in [0.2, 0.25) is 0 Å². The van der Waals surface area contributed by atoms with Gasteiger partial charge in [0.05, 0.1) is 23.3 Å². The Morgan fingerprint density at radius 2 is 1.75 bits per heavy atom. The highest BCUT2D eigenvalue weighted by atomic mass is 32.1. The molecule has 2 aromatic carbocycles. The molecule has 1 fully saturated rings. The highest BCUT2D eigenvalue weighted by Gasteiger charge is 2.18. The molecule has 0 spiro atoms. The largest absolute Gasteiger partial charge is 0.297 e. The molecule has 1 saturated carbocycles. The van der Waals surface area contributed by atoms with E-state index in [0.29, 0.717) is 16.4 Å². The first-order valence-corrected chi connectivity index (χ1v) is 14.6. The standard InChI is InChI=1S/C32H32N6OS/c1-23-30(31(39)38(36(23)2)28-13-7-4-8-14-28)35-32-37(34-21-24-10-9-19-33-20-24)29(22-40-32)27-17-15-26(16-18-27)25-11-5-3-6-12-25/h4,7-10,13-22,25H,3,5-6,11-12H2,1-2H3. The zero-order valence-corrected chi connectivity index (χ0v) is 23.6. The van der Waals surface area contributed by atoms with Gasteiger partial charge in [0.2, 0.25) is 4.80 Å². The average molecular weight is 549 g/mol. The third kappa shape index (κ3) is 5.14. The lowest BCUT2D eigenvalue weighted by Crippen LogP contribution is -2.19. The molecule has 0 N–H and O–H groups in total. The Morgan fingerprint density at radius 1 is 0.975 bits per heavy atom. The van der Waals surface area contributed by atoms with E-state index in [9.17, 15) is 4.79 Å². The maximum atomic E-state index is 13.6. The molecule has 3 heterocycles. The molecule has 6 rings (SSSR count). The van der Waals surface area contributed by atoms with Crippen molar-refractivity contribution in [1.82, 2.24) is 19.0 Å². The molecule has 3 aromatic heterocycles. The van der Waals surface area contributed by atoms with Gasteiger partial charge in [0.25, 0.3) is 5.56 Å². The predicted octanol–water partition coefficient (Wildman–Crippen LogP) is 6.57. The van der Waals surface area contributed by atoms with E-state index in [0.717, 1.165) is 28.2 Å². The van der Waals surface area contributed by atoms with E-state index < -0.39 is 0 Å². The Labute approximate surface area is 237 Å². The van der Waals surface area contributed by atoms with E-state index in [-0.39, 0.29) is 5.56 Å². The van der Waals surface area contributed by atoms with Crippen LogP contribution >= 0.6 is 11.3 Å². The molecule has 1 aliphatic carbocycles. The molecule has 202 valence electrons. The first-order valence-electron chi connectivity index (χ1n) is 13.7. The maximum absolute atomic E-state index is 13.6. The van der Waals surface area contributed by atoms with Crippen LogP contribution in [0.3, 0.4) is 0 Å². The lowest BCUT2D eigenvalue weighted by molar-refractivity contribution is 0.443. The van der Waals surface area contributed by atoms with Crippen molar-refractivity contribution in [3.05, 3.63) is 116 Å². The summed E-state index contributed by atoms with van der Waals surface area (Å²) in [5.74, 6) is 0.652. The van der Waals surface area contributed by atoms with E-state index in [2.05, 4.69) is 34.6 Å². The Hall–Kier alpha value is -4.30. The van der Waals surface area contributed by atoms with Gasteiger partial charge in [-0.1, -0.05) is 67.8 Å². The summed E-state index contributed by atoms with van der Waals surface area (Å²) in [5.41, 5.74) is 6.10. The van der Waals surface area contributed by atoms with Crippen LogP contribution in [0.1, 0.15) is 54.8 Å². The lowest BCUT2D eigenvalue weighted by Gasteiger charge is -2.22. The Bertz CT molecular complexity index is 1750. The summed E-state index contributed by atoms with van der Waals surface area (Å²) in [6, 6.07) is 22.3. The molecule has 5 aromatic rings. The predicted molar refractivity (Wildman–Crippen MR) is 162 cm³/mol. The van der Waals surface area contributed by atoms with Crippen molar-refractivity contribution in [2.45, 2.75) is 44.9 Å². The van der Waals surface area contributed by atoms with Crippen LogP contribution in [0.15, 0.2) is 99.4 Å². The Balaban J connectivity index is 1.45. The summed E-state index contributed by atoms with van der Waals surface area (Å²) in [5, 5.41) is 6.88. The molecule has 0 saturated heterocycles. The SMILES string of the molecule is Cc1c(N=c2scc(-c3ccc(C4CCCCC4)cc3)n2N=Cc2cccnc2)c(=O)n(-c2ccccc2)n1C. The van der Waals surface area contributed by atoms with Gasteiger partial charge < -0.3 is 0 Å². The highest BCUT2D eigenvalue weighted by Crippen LogP contribution is 2.33. The second kappa shape index (κ2) is 11.4. The zero-order valence-electron chi connectivity index (χ0n) is 22.8. The summed E-state index contributed by atoms with van der Waals surface area (Å²) < 4.78 is 5.32. The monoisotopic (exact) mass is 548 g/mol. The van der Waals surface area contributed by atoms with E-state index in [1.165, 1.54) is 49.0 Å². The third-order valence-electron chi connectivity index (χ3n) is 7.71. The molecule has 8 heteroatoms. The third-order valence-corrected chi connectivity index (χ3v) is 8.52. The van der Waals surface area contributed by atoms with Crippen molar-refractivity contribution < 1.29 is 0 Å². The zero-order chi connectivity index (χ0) is 27.5. The minimum absolute atomic E-state index is 0.166. The van der Waals surface area contributed by atoms with Crippen LogP contribution in [0.4, 0.5) is 5.69 Å². The van der Waals surface area contributed by atoms with Crippen LogP contribution in [0.25, 0.3) is 16.9 Å². The lowest BCUT2D eigenvalue weighted by atomic mass is 9.84. The second-order valence-corrected chi connectivity index (χ2v) is 11.1. The fourth-order valence-corrected chi connectivity index (χ4v) is 6.25.